The molecule has 1 fully saturated rings. The van der Waals surface area contributed by atoms with Crippen LogP contribution in [-0.2, 0) is 4.79 Å². The van der Waals surface area contributed by atoms with Crippen LogP contribution in [0.1, 0.15) is 11.1 Å². The molecule has 0 atom stereocenters. The number of hydrogen-bond donors (Lipinski definition) is 0. The number of anilines is 1. The van der Waals surface area contributed by atoms with Gasteiger partial charge in [0.05, 0.1) is 10.6 Å². The van der Waals surface area contributed by atoms with Crippen molar-refractivity contribution in [2.45, 2.75) is 6.92 Å². The van der Waals surface area contributed by atoms with Crippen molar-refractivity contribution in [3.63, 3.8) is 0 Å². The first-order valence-corrected chi connectivity index (χ1v) is 7.37. The standard InChI is InChI=1S/C17H13NO2S/c1-12-7-5-6-8-13(12)11-15-16(19)18(17(20)21-15)14-9-3-2-4-10-14/h2-11H,1H3/b15-11+. The van der Waals surface area contributed by atoms with E-state index in [9.17, 15) is 9.59 Å². The minimum absolute atomic E-state index is 0.258. The Kier molecular flexibility index (Phi) is 3.62. The van der Waals surface area contributed by atoms with E-state index >= 15 is 0 Å². The molecule has 0 aliphatic carbocycles. The first kappa shape index (κ1) is 13.6. The maximum absolute atomic E-state index is 12.4. The molecule has 1 aliphatic rings. The van der Waals surface area contributed by atoms with Crippen molar-refractivity contribution in [2.24, 2.45) is 0 Å². The van der Waals surface area contributed by atoms with E-state index in [2.05, 4.69) is 0 Å². The Bertz CT molecular complexity index is 737. The van der Waals surface area contributed by atoms with E-state index in [1.165, 1.54) is 4.90 Å². The molecule has 0 N–H and O–H groups in total. The quantitative estimate of drug-likeness (QED) is 0.778. The summed E-state index contributed by atoms with van der Waals surface area (Å²) < 4.78 is 0. The molecule has 0 unspecified atom stereocenters. The van der Waals surface area contributed by atoms with Crippen molar-refractivity contribution in [1.82, 2.24) is 0 Å². The van der Waals surface area contributed by atoms with Gasteiger partial charge in [0.2, 0.25) is 0 Å². The molecule has 2 amide bonds. The molecule has 2 aromatic rings. The molecule has 104 valence electrons. The molecule has 0 aromatic heterocycles. The molecular weight excluding hydrogens is 282 g/mol. The van der Waals surface area contributed by atoms with Crippen LogP contribution in [-0.4, -0.2) is 11.1 Å². The normalized spacial score (nSPS) is 16.8. The number of thioether (sulfide) groups is 1. The van der Waals surface area contributed by atoms with Gasteiger partial charge in [-0.25, -0.2) is 4.90 Å². The molecule has 0 saturated carbocycles. The monoisotopic (exact) mass is 295 g/mol. The maximum Gasteiger partial charge on any atom is 0.298 e. The van der Waals surface area contributed by atoms with Crippen LogP contribution in [0.25, 0.3) is 6.08 Å². The third-order valence-corrected chi connectivity index (χ3v) is 4.15. The summed E-state index contributed by atoms with van der Waals surface area (Å²) in [5.74, 6) is -0.264. The second-order valence-electron chi connectivity index (χ2n) is 4.71. The third-order valence-electron chi connectivity index (χ3n) is 3.28. The van der Waals surface area contributed by atoms with E-state index in [0.29, 0.717) is 10.6 Å². The van der Waals surface area contributed by atoms with Crippen LogP contribution in [0.4, 0.5) is 10.5 Å². The van der Waals surface area contributed by atoms with Gasteiger partial charge in [0.1, 0.15) is 0 Å². The number of hydrogen-bond acceptors (Lipinski definition) is 3. The van der Waals surface area contributed by atoms with Crippen LogP contribution >= 0.6 is 11.8 Å². The summed E-state index contributed by atoms with van der Waals surface area (Å²) in [6.07, 6.45) is 1.78. The second-order valence-corrected chi connectivity index (χ2v) is 5.70. The highest BCUT2D eigenvalue weighted by molar-refractivity contribution is 8.19. The molecule has 2 aromatic carbocycles. The molecule has 0 bridgehead atoms. The van der Waals surface area contributed by atoms with Gasteiger partial charge in [0.15, 0.2) is 0 Å². The van der Waals surface area contributed by atoms with Gasteiger partial charge < -0.3 is 0 Å². The Balaban J connectivity index is 1.96. The zero-order chi connectivity index (χ0) is 14.8. The predicted octanol–water partition coefficient (Wildman–Crippen LogP) is 4.24. The number of nitrogens with zero attached hydrogens (tertiary/aromatic N) is 1. The molecule has 1 saturated heterocycles. The van der Waals surface area contributed by atoms with Crippen LogP contribution in [0.5, 0.6) is 0 Å². The highest BCUT2D eigenvalue weighted by atomic mass is 32.2. The summed E-state index contributed by atoms with van der Waals surface area (Å²) in [5.41, 5.74) is 2.63. The number of aryl methyl sites for hydroxylation is 1. The summed E-state index contributed by atoms with van der Waals surface area (Å²) in [4.78, 5) is 26.2. The average Bonchev–Trinajstić information content (AvgIpc) is 2.77. The van der Waals surface area contributed by atoms with Gasteiger partial charge in [-0.1, -0.05) is 42.5 Å². The van der Waals surface area contributed by atoms with E-state index in [0.717, 1.165) is 22.9 Å². The Morgan fingerprint density at radius 3 is 2.33 bits per heavy atom. The highest BCUT2D eigenvalue weighted by Gasteiger charge is 2.36. The second kappa shape index (κ2) is 5.58. The van der Waals surface area contributed by atoms with Crippen LogP contribution in [0.2, 0.25) is 0 Å². The van der Waals surface area contributed by atoms with Crippen molar-refractivity contribution in [3.05, 3.63) is 70.6 Å². The highest BCUT2D eigenvalue weighted by Crippen LogP contribution is 2.35. The molecule has 3 rings (SSSR count). The predicted molar refractivity (Wildman–Crippen MR) is 86.1 cm³/mol. The van der Waals surface area contributed by atoms with Crippen molar-refractivity contribution in [3.8, 4) is 0 Å². The van der Waals surface area contributed by atoms with Crippen molar-refractivity contribution < 1.29 is 9.59 Å². The van der Waals surface area contributed by atoms with E-state index in [-0.39, 0.29) is 11.1 Å². The summed E-state index contributed by atoms with van der Waals surface area (Å²) >= 11 is 0.979. The van der Waals surface area contributed by atoms with Crippen molar-refractivity contribution in [2.75, 3.05) is 4.90 Å². The first-order valence-electron chi connectivity index (χ1n) is 6.55. The SMILES string of the molecule is Cc1ccccc1/C=C1/SC(=O)N(c2ccccc2)C1=O. The zero-order valence-corrected chi connectivity index (χ0v) is 12.3. The Labute approximate surface area is 127 Å². The van der Waals surface area contributed by atoms with Gasteiger partial charge in [-0.3, -0.25) is 9.59 Å². The minimum atomic E-state index is -0.264. The number of imide groups is 1. The Morgan fingerprint density at radius 2 is 1.62 bits per heavy atom. The lowest BCUT2D eigenvalue weighted by atomic mass is 10.1. The fraction of sp³-hybridized carbons (Fsp3) is 0.0588. The molecule has 0 spiro atoms. The fourth-order valence-electron chi connectivity index (χ4n) is 2.16. The first-order chi connectivity index (χ1) is 10.2. The summed E-state index contributed by atoms with van der Waals surface area (Å²) in [6, 6.07) is 16.8. The van der Waals surface area contributed by atoms with E-state index in [4.69, 9.17) is 0 Å². The van der Waals surface area contributed by atoms with E-state index in [1.54, 1.807) is 18.2 Å². The van der Waals surface area contributed by atoms with Crippen molar-refractivity contribution >= 4 is 34.7 Å². The lowest BCUT2D eigenvalue weighted by Gasteiger charge is -2.11. The third kappa shape index (κ3) is 2.62. The average molecular weight is 295 g/mol. The number of carbonyl (C=O) groups excluding carboxylic acids is 2. The number of amides is 2. The lowest BCUT2D eigenvalue weighted by Crippen LogP contribution is -2.27. The molecule has 4 heteroatoms. The summed E-state index contributed by atoms with van der Waals surface area (Å²) in [5, 5.41) is -0.258. The number of para-hydroxylation sites is 1. The smallest absolute Gasteiger partial charge is 0.268 e. The van der Waals surface area contributed by atoms with Gasteiger partial charge >= 0.3 is 0 Å². The van der Waals surface area contributed by atoms with Gasteiger partial charge in [0, 0.05) is 0 Å². The van der Waals surface area contributed by atoms with Gasteiger partial charge in [0.25, 0.3) is 11.1 Å². The molecule has 0 radical (unpaired) electrons. The Hall–Kier alpha value is -2.33. The zero-order valence-electron chi connectivity index (χ0n) is 11.4. The molecular formula is C17H13NO2S. The van der Waals surface area contributed by atoms with Crippen LogP contribution in [0.15, 0.2) is 59.5 Å². The topological polar surface area (TPSA) is 37.4 Å². The van der Waals surface area contributed by atoms with Crippen molar-refractivity contribution in [1.29, 1.82) is 0 Å². The van der Waals surface area contributed by atoms with Gasteiger partial charge in [-0.2, -0.15) is 0 Å². The molecule has 3 nitrogen and oxygen atoms in total. The molecule has 1 aliphatic heterocycles. The fourth-order valence-corrected chi connectivity index (χ4v) is 2.99. The minimum Gasteiger partial charge on any atom is -0.268 e. The molecule has 1 heterocycles. The van der Waals surface area contributed by atoms with Crippen LogP contribution in [0.3, 0.4) is 0 Å². The van der Waals surface area contributed by atoms with E-state index in [1.807, 2.05) is 49.4 Å². The number of carbonyl (C=O) groups is 2. The van der Waals surface area contributed by atoms with Crippen LogP contribution in [0, 0.1) is 6.92 Å². The van der Waals surface area contributed by atoms with E-state index < -0.39 is 0 Å². The summed E-state index contributed by atoms with van der Waals surface area (Å²) in [7, 11) is 0. The molecule has 21 heavy (non-hydrogen) atoms. The largest absolute Gasteiger partial charge is 0.298 e. The Morgan fingerprint density at radius 1 is 0.952 bits per heavy atom. The lowest BCUT2D eigenvalue weighted by molar-refractivity contribution is -0.113. The van der Waals surface area contributed by atoms with Crippen LogP contribution < -0.4 is 4.90 Å². The summed E-state index contributed by atoms with van der Waals surface area (Å²) in [6.45, 7) is 1.98. The number of benzene rings is 2. The van der Waals surface area contributed by atoms with Gasteiger partial charge in [-0.05, 0) is 48.0 Å². The maximum atomic E-state index is 12.4. The number of rotatable bonds is 2. The van der Waals surface area contributed by atoms with Gasteiger partial charge in [-0.15, -0.1) is 0 Å².